The molecule has 0 aliphatic rings. The van der Waals surface area contributed by atoms with Crippen LogP contribution in [0.1, 0.15) is 27.6 Å². The SMILES string of the molecule is COCC(C)CNC(=O)c1ccc(C(=O)O)cc1. The fourth-order valence-electron chi connectivity index (χ4n) is 1.48. The molecule has 0 aromatic heterocycles. The summed E-state index contributed by atoms with van der Waals surface area (Å²) < 4.78 is 4.97. The highest BCUT2D eigenvalue weighted by Crippen LogP contribution is 2.04. The van der Waals surface area contributed by atoms with Gasteiger partial charge in [-0.1, -0.05) is 6.92 Å². The largest absolute Gasteiger partial charge is 0.478 e. The molecule has 5 heteroatoms. The van der Waals surface area contributed by atoms with Crippen LogP contribution in [0, 0.1) is 5.92 Å². The predicted octanol–water partition coefficient (Wildman–Crippen LogP) is 1.40. The zero-order valence-corrected chi connectivity index (χ0v) is 10.5. The third kappa shape index (κ3) is 4.18. The van der Waals surface area contributed by atoms with Crippen molar-refractivity contribution in [2.24, 2.45) is 5.92 Å². The van der Waals surface area contributed by atoms with E-state index in [4.69, 9.17) is 9.84 Å². The van der Waals surface area contributed by atoms with Gasteiger partial charge in [-0.25, -0.2) is 4.79 Å². The van der Waals surface area contributed by atoms with E-state index in [1.807, 2.05) is 6.92 Å². The van der Waals surface area contributed by atoms with Gasteiger partial charge in [0.25, 0.3) is 5.91 Å². The molecule has 1 aromatic carbocycles. The lowest BCUT2D eigenvalue weighted by Gasteiger charge is -2.11. The summed E-state index contributed by atoms with van der Waals surface area (Å²) in [7, 11) is 1.61. The Hall–Kier alpha value is -1.88. The maximum atomic E-state index is 11.7. The zero-order chi connectivity index (χ0) is 13.5. The van der Waals surface area contributed by atoms with Crippen LogP contribution in [0.4, 0.5) is 0 Å². The van der Waals surface area contributed by atoms with Gasteiger partial charge in [0, 0.05) is 19.2 Å². The molecule has 5 nitrogen and oxygen atoms in total. The molecule has 0 radical (unpaired) electrons. The van der Waals surface area contributed by atoms with Crippen LogP contribution in [0.2, 0.25) is 0 Å². The van der Waals surface area contributed by atoms with Crippen LogP contribution >= 0.6 is 0 Å². The summed E-state index contributed by atoms with van der Waals surface area (Å²) in [6, 6.07) is 5.82. The molecule has 98 valence electrons. The minimum absolute atomic E-state index is 0.166. The number of aromatic carboxylic acids is 1. The van der Waals surface area contributed by atoms with Crippen molar-refractivity contribution in [3.63, 3.8) is 0 Å². The van der Waals surface area contributed by atoms with Gasteiger partial charge in [-0.15, -0.1) is 0 Å². The van der Waals surface area contributed by atoms with Crippen molar-refractivity contribution in [1.29, 1.82) is 0 Å². The molecule has 1 atom stereocenters. The Bertz CT molecular complexity index is 414. The minimum Gasteiger partial charge on any atom is -0.478 e. The summed E-state index contributed by atoms with van der Waals surface area (Å²) in [4.78, 5) is 22.4. The van der Waals surface area contributed by atoms with Gasteiger partial charge < -0.3 is 15.2 Å². The molecule has 18 heavy (non-hydrogen) atoms. The van der Waals surface area contributed by atoms with E-state index >= 15 is 0 Å². The van der Waals surface area contributed by atoms with Crippen molar-refractivity contribution in [3.05, 3.63) is 35.4 Å². The van der Waals surface area contributed by atoms with Gasteiger partial charge >= 0.3 is 5.97 Å². The maximum absolute atomic E-state index is 11.7. The number of nitrogens with one attached hydrogen (secondary N) is 1. The van der Waals surface area contributed by atoms with E-state index in [0.29, 0.717) is 18.7 Å². The highest BCUT2D eigenvalue weighted by Gasteiger charge is 2.09. The molecule has 1 rings (SSSR count). The number of rotatable bonds is 6. The zero-order valence-electron chi connectivity index (χ0n) is 10.5. The number of methoxy groups -OCH3 is 1. The van der Waals surface area contributed by atoms with Crippen molar-refractivity contribution in [2.75, 3.05) is 20.3 Å². The van der Waals surface area contributed by atoms with Gasteiger partial charge in [0.2, 0.25) is 0 Å². The number of hydrogen-bond acceptors (Lipinski definition) is 3. The van der Waals surface area contributed by atoms with Crippen molar-refractivity contribution in [1.82, 2.24) is 5.32 Å². The van der Waals surface area contributed by atoms with Gasteiger partial charge in [0.05, 0.1) is 12.2 Å². The van der Waals surface area contributed by atoms with Crippen LogP contribution in [-0.2, 0) is 4.74 Å². The van der Waals surface area contributed by atoms with Crippen LogP contribution in [0.3, 0.4) is 0 Å². The van der Waals surface area contributed by atoms with E-state index in [1.165, 1.54) is 24.3 Å². The van der Waals surface area contributed by atoms with Crippen molar-refractivity contribution >= 4 is 11.9 Å². The smallest absolute Gasteiger partial charge is 0.335 e. The Balaban J connectivity index is 2.54. The number of carbonyl (C=O) groups excluding carboxylic acids is 1. The average molecular weight is 251 g/mol. The lowest BCUT2D eigenvalue weighted by atomic mass is 10.1. The second-order valence-corrected chi connectivity index (χ2v) is 4.15. The highest BCUT2D eigenvalue weighted by molar-refractivity contribution is 5.95. The van der Waals surface area contributed by atoms with Crippen LogP contribution in [0.15, 0.2) is 24.3 Å². The fourth-order valence-corrected chi connectivity index (χ4v) is 1.48. The molecule has 2 N–H and O–H groups in total. The number of carbonyl (C=O) groups is 2. The lowest BCUT2D eigenvalue weighted by Crippen LogP contribution is -2.29. The maximum Gasteiger partial charge on any atom is 0.335 e. The van der Waals surface area contributed by atoms with Gasteiger partial charge in [0.1, 0.15) is 0 Å². The van der Waals surface area contributed by atoms with E-state index in [1.54, 1.807) is 7.11 Å². The second-order valence-electron chi connectivity index (χ2n) is 4.15. The van der Waals surface area contributed by atoms with Gasteiger partial charge in [-0.2, -0.15) is 0 Å². The number of carboxylic acid groups (broad SMARTS) is 1. The lowest BCUT2D eigenvalue weighted by molar-refractivity contribution is 0.0696. The van der Waals surface area contributed by atoms with Crippen molar-refractivity contribution in [3.8, 4) is 0 Å². The summed E-state index contributed by atoms with van der Waals surface area (Å²) in [5, 5.41) is 11.5. The molecule has 0 saturated carbocycles. The summed E-state index contributed by atoms with van der Waals surface area (Å²) >= 11 is 0. The summed E-state index contributed by atoms with van der Waals surface area (Å²) in [6.45, 7) is 3.07. The summed E-state index contributed by atoms with van der Waals surface area (Å²) in [5.74, 6) is -0.984. The molecule has 0 aliphatic carbocycles. The molecule has 0 aliphatic heterocycles. The third-order valence-corrected chi connectivity index (χ3v) is 2.46. The van der Waals surface area contributed by atoms with E-state index < -0.39 is 5.97 Å². The van der Waals surface area contributed by atoms with E-state index in [9.17, 15) is 9.59 Å². The molecule has 0 spiro atoms. The molecule has 0 heterocycles. The Labute approximate surface area is 106 Å². The van der Waals surface area contributed by atoms with E-state index in [2.05, 4.69) is 5.32 Å². The number of ether oxygens (including phenoxy) is 1. The Morgan fingerprint density at radius 1 is 1.28 bits per heavy atom. The molecule has 0 bridgehead atoms. The third-order valence-electron chi connectivity index (χ3n) is 2.46. The predicted molar refractivity (Wildman–Crippen MR) is 66.8 cm³/mol. The fraction of sp³-hybridized carbons (Fsp3) is 0.385. The topological polar surface area (TPSA) is 75.6 Å². The molecular formula is C13H17NO4. The van der Waals surface area contributed by atoms with Crippen molar-refractivity contribution < 1.29 is 19.4 Å². The Kier molecular flexibility index (Phi) is 5.32. The van der Waals surface area contributed by atoms with Crippen LogP contribution in [0.25, 0.3) is 0 Å². The van der Waals surface area contributed by atoms with E-state index in [0.717, 1.165) is 0 Å². The minimum atomic E-state index is -1.00. The number of carboxylic acids is 1. The van der Waals surface area contributed by atoms with Crippen molar-refractivity contribution in [2.45, 2.75) is 6.92 Å². The monoisotopic (exact) mass is 251 g/mol. The standard InChI is InChI=1S/C13H17NO4/c1-9(8-18-2)7-14-12(15)10-3-5-11(6-4-10)13(16)17/h3-6,9H,7-8H2,1-2H3,(H,14,15)(H,16,17). The highest BCUT2D eigenvalue weighted by atomic mass is 16.5. The molecule has 0 fully saturated rings. The van der Waals surface area contributed by atoms with Crippen LogP contribution in [0.5, 0.6) is 0 Å². The van der Waals surface area contributed by atoms with Crippen LogP contribution in [-0.4, -0.2) is 37.2 Å². The Morgan fingerprint density at radius 2 is 1.83 bits per heavy atom. The Morgan fingerprint density at radius 3 is 2.33 bits per heavy atom. The molecule has 1 unspecified atom stereocenters. The summed E-state index contributed by atoms with van der Waals surface area (Å²) in [5.41, 5.74) is 0.615. The van der Waals surface area contributed by atoms with Gasteiger partial charge in [-0.05, 0) is 30.2 Å². The molecular weight excluding hydrogens is 234 g/mol. The molecule has 1 amide bonds. The molecule has 0 saturated heterocycles. The molecule has 1 aromatic rings. The number of amides is 1. The second kappa shape index (κ2) is 6.76. The first kappa shape index (κ1) is 14.2. The number of benzene rings is 1. The normalized spacial score (nSPS) is 11.9. The first-order valence-electron chi connectivity index (χ1n) is 5.65. The van der Waals surface area contributed by atoms with E-state index in [-0.39, 0.29) is 17.4 Å². The quantitative estimate of drug-likeness (QED) is 0.801. The average Bonchev–Trinajstić information content (AvgIpc) is 2.36. The summed E-state index contributed by atoms with van der Waals surface area (Å²) in [6.07, 6.45) is 0. The first-order valence-corrected chi connectivity index (χ1v) is 5.65. The number of hydrogen-bond donors (Lipinski definition) is 2. The van der Waals surface area contributed by atoms with Gasteiger partial charge in [-0.3, -0.25) is 4.79 Å². The first-order chi connectivity index (χ1) is 8.54. The van der Waals surface area contributed by atoms with Crippen LogP contribution < -0.4 is 5.32 Å². The van der Waals surface area contributed by atoms with Gasteiger partial charge in [0.15, 0.2) is 0 Å².